The molecule has 0 saturated heterocycles. The van der Waals surface area contributed by atoms with Crippen molar-refractivity contribution in [2.75, 3.05) is 10.6 Å². The molecule has 3 aromatic rings. The van der Waals surface area contributed by atoms with Crippen molar-refractivity contribution in [3.8, 4) is 0 Å². The molecule has 0 atom stereocenters. The Kier molecular flexibility index (Phi) is 2.96. The van der Waals surface area contributed by atoms with E-state index >= 15 is 0 Å². The Bertz CT molecular complexity index is 824. The molecule has 1 aliphatic carbocycles. The first-order chi connectivity index (χ1) is 10.8. The van der Waals surface area contributed by atoms with Crippen LogP contribution in [0.15, 0.2) is 42.7 Å². The average Bonchev–Trinajstić information content (AvgIpc) is 3.30. The van der Waals surface area contributed by atoms with E-state index in [2.05, 4.69) is 25.7 Å². The number of rotatable bonds is 4. The van der Waals surface area contributed by atoms with E-state index < -0.39 is 0 Å². The lowest BCUT2D eigenvalue weighted by Crippen LogP contribution is -2.14. The Balaban J connectivity index is 1.64. The minimum atomic E-state index is -0.00215. The molecule has 1 saturated carbocycles. The second-order valence-electron chi connectivity index (χ2n) is 5.25. The minimum Gasteiger partial charge on any atom is -0.339 e. The predicted molar refractivity (Wildman–Crippen MR) is 81.9 cm³/mol. The number of anilines is 3. The van der Waals surface area contributed by atoms with E-state index in [1.807, 2.05) is 30.3 Å². The fourth-order valence-electron chi connectivity index (χ4n) is 2.20. The first-order valence-corrected chi connectivity index (χ1v) is 7.13. The van der Waals surface area contributed by atoms with Crippen LogP contribution in [-0.4, -0.2) is 25.5 Å². The number of pyridine rings is 2. The maximum atomic E-state index is 11.8. The van der Waals surface area contributed by atoms with E-state index in [9.17, 15) is 4.79 Å². The molecule has 3 heterocycles. The van der Waals surface area contributed by atoms with Gasteiger partial charge in [-0.3, -0.25) is 15.1 Å². The van der Waals surface area contributed by atoms with E-state index in [-0.39, 0.29) is 11.8 Å². The quantitative estimate of drug-likeness (QED) is 0.770. The van der Waals surface area contributed by atoms with Gasteiger partial charge in [0.2, 0.25) is 11.9 Å². The van der Waals surface area contributed by atoms with Crippen molar-refractivity contribution < 1.29 is 4.79 Å². The van der Waals surface area contributed by atoms with E-state index in [4.69, 9.17) is 0 Å². The van der Waals surface area contributed by atoms with Crippen LogP contribution in [0.2, 0.25) is 0 Å². The zero-order valence-corrected chi connectivity index (χ0v) is 11.7. The summed E-state index contributed by atoms with van der Waals surface area (Å²) >= 11 is 0. The molecule has 4 rings (SSSR count). The molecule has 1 amide bonds. The fourth-order valence-corrected chi connectivity index (χ4v) is 2.20. The molecular formula is C15H14N6O. The van der Waals surface area contributed by atoms with Crippen LogP contribution in [0.25, 0.3) is 5.65 Å². The molecule has 110 valence electrons. The zero-order chi connectivity index (χ0) is 14.9. The SMILES string of the molecule is O=C(Nc1nc2cccc(Nc3cccnc3)n2n1)C1CC1. The first-order valence-electron chi connectivity index (χ1n) is 7.13. The number of carbonyl (C=O) groups excluding carboxylic acids is 1. The van der Waals surface area contributed by atoms with Crippen LogP contribution >= 0.6 is 0 Å². The molecule has 0 radical (unpaired) electrons. The van der Waals surface area contributed by atoms with Crippen molar-refractivity contribution in [3.63, 3.8) is 0 Å². The number of fused-ring (bicyclic) bond motifs is 1. The number of hydrogen-bond acceptors (Lipinski definition) is 5. The average molecular weight is 294 g/mol. The van der Waals surface area contributed by atoms with E-state index in [0.29, 0.717) is 11.6 Å². The van der Waals surface area contributed by atoms with Crippen molar-refractivity contribution in [3.05, 3.63) is 42.7 Å². The molecule has 0 unspecified atom stereocenters. The highest BCUT2D eigenvalue weighted by Gasteiger charge is 2.30. The second kappa shape index (κ2) is 5.10. The number of aromatic nitrogens is 4. The summed E-state index contributed by atoms with van der Waals surface area (Å²) in [6.07, 6.45) is 5.35. The van der Waals surface area contributed by atoms with Crippen LogP contribution in [0, 0.1) is 5.92 Å². The van der Waals surface area contributed by atoms with Crippen LogP contribution in [0.5, 0.6) is 0 Å². The third-order valence-corrected chi connectivity index (χ3v) is 3.48. The Hall–Kier alpha value is -2.96. The molecule has 0 aliphatic heterocycles. The van der Waals surface area contributed by atoms with Crippen LogP contribution in [-0.2, 0) is 4.79 Å². The summed E-state index contributed by atoms with van der Waals surface area (Å²) in [7, 11) is 0. The van der Waals surface area contributed by atoms with Crippen LogP contribution in [0.1, 0.15) is 12.8 Å². The number of nitrogens with one attached hydrogen (secondary N) is 2. The smallest absolute Gasteiger partial charge is 0.249 e. The highest BCUT2D eigenvalue weighted by molar-refractivity contribution is 5.92. The molecular weight excluding hydrogens is 280 g/mol. The predicted octanol–water partition coefficient (Wildman–Crippen LogP) is 2.22. The van der Waals surface area contributed by atoms with E-state index in [1.54, 1.807) is 16.9 Å². The molecule has 1 aliphatic rings. The lowest BCUT2D eigenvalue weighted by Gasteiger charge is -2.06. The summed E-state index contributed by atoms with van der Waals surface area (Å²) < 4.78 is 1.66. The van der Waals surface area contributed by atoms with Gasteiger partial charge in [0.15, 0.2) is 5.65 Å². The summed E-state index contributed by atoms with van der Waals surface area (Å²) in [5.74, 6) is 1.21. The summed E-state index contributed by atoms with van der Waals surface area (Å²) in [5.41, 5.74) is 1.52. The van der Waals surface area contributed by atoms with Gasteiger partial charge in [0, 0.05) is 12.1 Å². The Morgan fingerprint density at radius 3 is 2.91 bits per heavy atom. The molecule has 7 nitrogen and oxygen atoms in total. The van der Waals surface area contributed by atoms with Crippen LogP contribution in [0.3, 0.4) is 0 Å². The normalized spacial score (nSPS) is 14.0. The standard InChI is InChI=1S/C15H14N6O/c22-14(10-6-7-10)19-15-18-13-5-1-4-12(21(13)20-15)17-11-3-2-8-16-9-11/h1-5,8-10,17H,6-7H2,(H,19,20,22). The van der Waals surface area contributed by atoms with Gasteiger partial charge in [0.25, 0.3) is 0 Å². The van der Waals surface area contributed by atoms with Gasteiger partial charge in [-0.1, -0.05) is 6.07 Å². The summed E-state index contributed by atoms with van der Waals surface area (Å²) in [6, 6.07) is 9.38. The number of carbonyl (C=O) groups is 1. The lowest BCUT2D eigenvalue weighted by molar-refractivity contribution is -0.117. The van der Waals surface area contributed by atoms with Crippen molar-refractivity contribution in [2.45, 2.75) is 12.8 Å². The van der Waals surface area contributed by atoms with Crippen molar-refractivity contribution in [1.29, 1.82) is 0 Å². The maximum Gasteiger partial charge on any atom is 0.249 e. The second-order valence-corrected chi connectivity index (χ2v) is 5.25. The number of nitrogens with zero attached hydrogens (tertiary/aromatic N) is 4. The Morgan fingerprint density at radius 2 is 2.14 bits per heavy atom. The van der Waals surface area contributed by atoms with Crippen LogP contribution in [0.4, 0.5) is 17.5 Å². The van der Waals surface area contributed by atoms with Gasteiger partial charge < -0.3 is 5.32 Å². The van der Waals surface area contributed by atoms with Gasteiger partial charge in [-0.05, 0) is 37.1 Å². The van der Waals surface area contributed by atoms with Crippen molar-refractivity contribution >= 4 is 29.0 Å². The summed E-state index contributed by atoms with van der Waals surface area (Å²) in [5, 5.41) is 10.3. The largest absolute Gasteiger partial charge is 0.339 e. The monoisotopic (exact) mass is 294 g/mol. The van der Waals surface area contributed by atoms with Gasteiger partial charge >= 0.3 is 0 Å². The fraction of sp³-hybridized carbons (Fsp3) is 0.200. The van der Waals surface area contributed by atoms with E-state index in [0.717, 1.165) is 24.3 Å². The van der Waals surface area contributed by atoms with Crippen LogP contribution < -0.4 is 10.6 Å². The molecule has 2 N–H and O–H groups in total. The topological polar surface area (TPSA) is 84.2 Å². The Labute approximate surface area is 126 Å². The molecule has 0 spiro atoms. The third kappa shape index (κ3) is 2.48. The molecule has 1 fully saturated rings. The summed E-state index contributed by atoms with van der Waals surface area (Å²) in [6.45, 7) is 0. The molecule has 0 bridgehead atoms. The molecule has 22 heavy (non-hydrogen) atoms. The number of amides is 1. The van der Waals surface area contributed by atoms with Crippen molar-refractivity contribution in [1.82, 2.24) is 19.6 Å². The summed E-state index contributed by atoms with van der Waals surface area (Å²) in [4.78, 5) is 20.2. The minimum absolute atomic E-state index is 0.00215. The van der Waals surface area contributed by atoms with Gasteiger partial charge in [0.05, 0.1) is 11.9 Å². The third-order valence-electron chi connectivity index (χ3n) is 3.48. The zero-order valence-electron chi connectivity index (χ0n) is 11.7. The van der Waals surface area contributed by atoms with Gasteiger partial charge in [-0.15, -0.1) is 5.10 Å². The van der Waals surface area contributed by atoms with Gasteiger partial charge in [-0.25, -0.2) is 0 Å². The molecule has 7 heteroatoms. The van der Waals surface area contributed by atoms with E-state index in [1.165, 1.54) is 0 Å². The highest BCUT2D eigenvalue weighted by atomic mass is 16.2. The molecule has 3 aromatic heterocycles. The lowest BCUT2D eigenvalue weighted by atomic mass is 10.4. The number of hydrogen-bond donors (Lipinski definition) is 2. The van der Waals surface area contributed by atoms with Gasteiger partial charge in [-0.2, -0.15) is 9.50 Å². The molecule has 0 aromatic carbocycles. The van der Waals surface area contributed by atoms with Crippen molar-refractivity contribution in [2.24, 2.45) is 5.92 Å². The highest BCUT2D eigenvalue weighted by Crippen LogP contribution is 2.29. The first kappa shape index (κ1) is 12.8. The van der Waals surface area contributed by atoms with Gasteiger partial charge in [0.1, 0.15) is 5.82 Å². The maximum absolute atomic E-state index is 11.8. The Morgan fingerprint density at radius 1 is 1.23 bits per heavy atom.